The molecule has 0 spiro atoms. The van der Waals surface area contributed by atoms with Gasteiger partial charge in [0.15, 0.2) is 17.5 Å². The van der Waals surface area contributed by atoms with E-state index in [1.165, 1.54) is 23.2 Å². The van der Waals surface area contributed by atoms with Crippen molar-refractivity contribution < 1.29 is 18.7 Å². The molecule has 0 radical (unpaired) electrons. The Kier molecular flexibility index (Phi) is 4.78. The van der Waals surface area contributed by atoms with E-state index in [1.54, 1.807) is 12.4 Å². The van der Waals surface area contributed by atoms with E-state index in [0.717, 1.165) is 31.9 Å². The number of carboxylic acids is 1. The van der Waals surface area contributed by atoms with E-state index in [0.29, 0.717) is 16.6 Å². The van der Waals surface area contributed by atoms with Gasteiger partial charge in [-0.15, -0.1) is 0 Å². The standard InChI is InChI=1S/C23H21F2N7O2/c24-13-7-14-15(9-28-19(14)27-8-13)20-30-21(17(25)22(31-20)32-6-5-26-10-32)29-18-12-3-1-11(2-4-12)16(18)23(33)34/h5-12,16,18H,1-4H2,(H,27,28)(H,33,34)(H,29,30,31). The van der Waals surface area contributed by atoms with Crippen molar-refractivity contribution in [1.82, 2.24) is 29.5 Å². The van der Waals surface area contributed by atoms with Crippen LogP contribution in [-0.4, -0.2) is 46.6 Å². The Morgan fingerprint density at radius 2 is 1.97 bits per heavy atom. The summed E-state index contributed by atoms with van der Waals surface area (Å²) in [6.45, 7) is 0. The quantitative estimate of drug-likeness (QED) is 0.410. The van der Waals surface area contributed by atoms with Gasteiger partial charge in [-0.1, -0.05) is 0 Å². The summed E-state index contributed by atoms with van der Waals surface area (Å²) >= 11 is 0. The molecule has 3 N–H and O–H groups in total. The molecule has 4 aromatic rings. The molecule has 0 amide bonds. The molecule has 0 aromatic carbocycles. The summed E-state index contributed by atoms with van der Waals surface area (Å²) in [5, 5.41) is 13.5. The number of carbonyl (C=O) groups is 1. The fourth-order valence-electron chi connectivity index (χ4n) is 5.54. The first-order chi connectivity index (χ1) is 16.5. The minimum atomic E-state index is -0.880. The molecule has 3 aliphatic rings. The average Bonchev–Trinajstić information content (AvgIpc) is 3.51. The lowest BCUT2D eigenvalue weighted by Crippen LogP contribution is -2.51. The van der Waals surface area contributed by atoms with Crippen molar-refractivity contribution in [2.75, 3.05) is 5.32 Å². The monoisotopic (exact) mass is 465 g/mol. The molecule has 3 saturated carbocycles. The number of aromatic amines is 1. The third kappa shape index (κ3) is 3.30. The van der Waals surface area contributed by atoms with Crippen LogP contribution in [0.3, 0.4) is 0 Å². The minimum Gasteiger partial charge on any atom is -0.481 e. The lowest BCUT2D eigenvalue weighted by atomic mass is 9.61. The molecule has 2 bridgehead atoms. The number of fused-ring (bicyclic) bond motifs is 4. The van der Waals surface area contributed by atoms with Gasteiger partial charge in [0.25, 0.3) is 0 Å². The largest absolute Gasteiger partial charge is 0.481 e. The second-order valence-corrected chi connectivity index (χ2v) is 8.96. The number of hydrogen-bond donors (Lipinski definition) is 3. The van der Waals surface area contributed by atoms with Gasteiger partial charge in [0, 0.05) is 35.6 Å². The van der Waals surface area contributed by atoms with Gasteiger partial charge in [0.1, 0.15) is 17.8 Å². The first-order valence-corrected chi connectivity index (χ1v) is 11.2. The number of nitrogens with zero attached hydrogens (tertiary/aromatic N) is 5. The number of H-pyrrole nitrogens is 1. The number of aromatic nitrogens is 6. The van der Waals surface area contributed by atoms with E-state index < -0.39 is 29.6 Å². The Labute approximate surface area is 192 Å². The Hall–Kier alpha value is -3.89. The van der Waals surface area contributed by atoms with Gasteiger partial charge in [-0.2, -0.15) is 4.39 Å². The summed E-state index contributed by atoms with van der Waals surface area (Å²) in [5.41, 5.74) is 0.893. The minimum absolute atomic E-state index is 0.0449. The lowest BCUT2D eigenvalue weighted by molar-refractivity contribution is -0.148. The molecule has 3 fully saturated rings. The number of anilines is 1. The topological polar surface area (TPSA) is 122 Å². The first-order valence-electron chi connectivity index (χ1n) is 11.2. The molecule has 0 aliphatic heterocycles. The van der Waals surface area contributed by atoms with Crippen molar-refractivity contribution >= 4 is 22.8 Å². The highest BCUT2D eigenvalue weighted by molar-refractivity contribution is 5.91. The predicted octanol–water partition coefficient (Wildman–Crippen LogP) is 3.79. The summed E-state index contributed by atoms with van der Waals surface area (Å²) < 4.78 is 31.0. The summed E-state index contributed by atoms with van der Waals surface area (Å²) in [7, 11) is 0. The zero-order valence-corrected chi connectivity index (χ0v) is 17.9. The van der Waals surface area contributed by atoms with Gasteiger partial charge in [0.05, 0.1) is 12.1 Å². The molecule has 9 nitrogen and oxygen atoms in total. The maximum Gasteiger partial charge on any atom is 0.308 e. The second-order valence-electron chi connectivity index (χ2n) is 8.96. The van der Waals surface area contributed by atoms with Crippen LogP contribution in [0, 0.1) is 29.4 Å². The van der Waals surface area contributed by atoms with Gasteiger partial charge >= 0.3 is 5.97 Å². The molecule has 3 aliphatic carbocycles. The Bertz CT molecular complexity index is 1380. The van der Waals surface area contributed by atoms with Crippen LogP contribution in [0.2, 0.25) is 0 Å². The number of halogens is 2. The Morgan fingerprint density at radius 1 is 1.18 bits per heavy atom. The first kappa shape index (κ1) is 20.7. The number of aliphatic carboxylic acids is 1. The van der Waals surface area contributed by atoms with Crippen molar-refractivity contribution in [3.05, 3.63) is 48.8 Å². The average molecular weight is 465 g/mol. The summed E-state index contributed by atoms with van der Waals surface area (Å²) in [5.74, 6) is -2.54. The maximum atomic E-state index is 15.7. The van der Waals surface area contributed by atoms with Crippen molar-refractivity contribution in [1.29, 1.82) is 0 Å². The van der Waals surface area contributed by atoms with Crippen LogP contribution < -0.4 is 5.32 Å². The molecule has 2 unspecified atom stereocenters. The molecular formula is C23H21F2N7O2. The van der Waals surface area contributed by atoms with Gasteiger partial charge in [-0.25, -0.2) is 24.3 Å². The summed E-state index contributed by atoms with van der Waals surface area (Å²) in [6.07, 6.45) is 10.7. The zero-order valence-electron chi connectivity index (χ0n) is 17.9. The highest BCUT2D eigenvalue weighted by Crippen LogP contribution is 2.46. The molecule has 11 heteroatoms. The van der Waals surface area contributed by atoms with Gasteiger partial charge in [0.2, 0.25) is 5.82 Å². The smallest absolute Gasteiger partial charge is 0.308 e. The van der Waals surface area contributed by atoms with Crippen LogP contribution in [0.1, 0.15) is 25.7 Å². The lowest BCUT2D eigenvalue weighted by Gasteiger charge is -2.47. The van der Waals surface area contributed by atoms with Crippen LogP contribution in [-0.2, 0) is 4.79 Å². The SMILES string of the molecule is O=C(O)C1C2CCC(CC2)C1Nc1nc(-c2c[nH]c3ncc(F)cc23)nc(-n2ccnc2)c1F. The molecule has 7 rings (SSSR count). The molecule has 2 atom stereocenters. The van der Waals surface area contributed by atoms with Crippen molar-refractivity contribution in [3.8, 4) is 17.2 Å². The Morgan fingerprint density at radius 3 is 2.71 bits per heavy atom. The number of pyridine rings is 1. The van der Waals surface area contributed by atoms with Crippen molar-refractivity contribution in [2.45, 2.75) is 31.7 Å². The number of rotatable bonds is 5. The number of hydrogen-bond acceptors (Lipinski definition) is 6. The van der Waals surface area contributed by atoms with Crippen LogP contribution in [0.15, 0.2) is 37.2 Å². The van der Waals surface area contributed by atoms with Crippen LogP contribution in [0.5, 0.6) is 0 Å². The van der Waals surface area contributed by atoms with Gasteiger partial charge < -0.3 is 15.4 Å². The fourth-order valence-corrected chi connectivity index (χ4v) is 5.54. The van der Waals surface area contributed by atoms with Gasteiger partial charge in [-0.3, -0.25) is 9.36 Å². The Balaban J connectivity index is 1.49. The fraction of sp³-hybridized carbons (Fsp3) is 0.348. The molecule has 4 aromatic heterocycles. The van der Waals surface area contributed by atoms with E-state index in [2.05, 4.69) is 30.2 Å². The molecule has 34 heavy (non-hydrogen) atoms. The molecular weight excluding hydrogens is 444 g/mol. The summed E-state index contributed by atoms with van der Waals surface area (Å²) in [6, 6.07) is 0.866. The van der Waals surface area contributed by atoms with E-state index in [9.17, 15) is 14.3 Å². The van der Waals surface area contributed by atoms with Crippen LogP contribution in [0.25, 0.3) is 28.2 Å². The molecule has 0 saturated heterocycles. The molecule has 4 heterocycles. The van der Waals surface area contributed by atoms with E-state index in [1.807, 2.05) is 0 Å². The predicted molar refractivity (Wildman–Crippen MR) is 118 cm³/mol. The van der Waals surface area contributed by atoms with Crippen LogP contribution >= 0.6 is 0 Å². The van der Waals surface area contributed by atoms with E-state index in [-0.39, 0.29) is 29.3 Å². The zero-order chi connectivity index (χ0) is 23.4. The van der Waals surface area contributed by atoms with Crippen LogP contribution in [0.4, 0.5) is 14.6 Å². The van der Waals surface area contributed by atoms with Crippen molar-refractivity contribution in [3.63, 3.8) is 0 Å². The molecule has 174 valence electrons. The normalized spacial score (nSPS) is 23.9. The highest BCUT2D eigenvalue weighted by Gasteiger charge is 2.47. The number of carboxylic acid groups (broad SMARTS) is 1. The number of nitrogens with one attached hydrogen (secondary N) is 2. The third-order valence-corrected chi connectivity index (χ3v) is 7.13. The third-order valence-electron chi connectivity index (χ3n) is 7.13. The van der Waals surface area contributed by atoms with E-state index in [4.69, 9.17) is 0 Å². The summed E-state index contributed by atoms with van der Waals surface area (Å²) in [4.78, 5) is 31.9. The maximum absolute atomic E-state index is 15.7. The van der Waals surface area contributed by atoms with Gasteiger partial charge in [-0.05, 0) is 43.6 Å². The van der Waals surface area contributed by atoms with Crippen molar-refractivity contribution in [2.24, 2.45) is 17.8 Å². The second kappa shape index (κ2) is 7.86. The number of imidazole rings is 1. The highest BCUT2D eigenvalue weighted by atomic mass is 19.1. The van der Waals surface area contributed by atoms with E-state index >= 15 is 4.39 Å².